The molecule has 0 aliphatic heterocycles. The van der Waals surface area contributed by atoms with E-state index in [4.69, 9.17) is 0 Å². The van der Waals surface area contributed by atoms with Crippen LogP contribution in [0.4, 0.5) is 0 Å². The number of hydrogen-bond donors (Lipinski definition) is 0. The van der Waals surface area contributed by atoms with Crippen LogP contribution in [-0.2, 0) is 0 Å². The van der Waals surface area contributed by atoms with Crippen molar-refractivity contribution in [3.05, 3.63) is 31.8 Å². The first-order valence-corrected chi connectivity index (χ1v) is 5.89. The smallest absolute Gasteiger partial charge is 0.166 e. The molecule has 0 heterocycles. The van der Waals surface area contributed by atoms with Crippen molar-refractivity contribution in [1.29, 1.82) is 0 Å². The van der Waals surface area contributed by atoms with Crippen LogP contribution in [0, 0.1) is 9.49 Å². The van der Waals surface area contributed by atoms with Crippen molar-refractivity contribution in [2.24, 2.45) is 5.92 Å². The summed E-state index contributed by atoms with van der Waals surface area (Å²) < 4.78 is 1.97. The largest absolute Gasteiger partial charge is 0.294 e. The summed E-state index contributed by atoms with van der Waals surface area (Å²) >= 11 is 5.58. The normalized spacial score (nSPS) is 10.5. The molecule has 13 heavy (non-hydrogen) atoms. The Balaban J connectivity index is 3.13. The van der Waals surface area contributed by atoms with Crippen LogP contribution in [-0.4, -0.2) is 5.78 Å². The Bertz CT molecular complexity index is 334. The van der Waals surface area contributed by atoms with Gasteiger partial charge < -0.3 is 0 Å². The van der Waals surface area contributed by atoms with Gasteiger partial charge in [-0.3, -0.25) is 4.79 Å². The lowest BCUT2D eigenvalue weighted by Crippen LogP contribution is -2.08. The SMILES string of the molecule is CC(C)C(=O)c1cc(I)ccc1Br. The number of rotatable bonds is 2. The Labute approximate surface area is 100 Å². The van der Waals surface area contributed by atoms with E-state index in [1.165, 1.54) is 0 Å². The third kappa shape index (κ3) is 2.77. The molecule has 0 amide bonds. The number of carbonyl (C=O) groups excluding carboxylic acids is 1. The first-order chi connectivity index (χ1) is 6.02. The second-order valence-electron chi connectivity index (χ2n) is 3.14. The fraction of sp³-hybridized carbons (Fsp3) is 0.300. The number of ketones is 1. The van der Waals surface area contributed by atoms with E-state index in [1.807, 2.05) is 32.0 Å². The van der Waals surface area contributed by atoms with Crippen LogP contribution >= 0.6 is 38.5 Å². The average molecular weight is 353 g/mol. The van der Waals surface area contributed by atoms with Crippen molar-refractivity contribution >= 4 is 44.3 Å². The van der Waals surface area contributed by atoms with Crippen molar-refractivity contribution in [1.82, 2.24) is 0 Å². The Kier molecular flexibility index (Phi) is 3.91. The molecule has 0 spiro atoms. The van der Waals surface area contributed by atoms with Gasteiger partial charge in [0.1, 0.15) is 0 Å². The Morgan fingerprint density at radius 1 is 1.46 bits per heavy atom. The molecule has 0 aliphatic rings. The van der Waals surface area contributed by atoms with Crippen molar-refractivity contribution in [3.8, 4) is 0 Å². The first kappa shape index (κ1) is 11.2. The molecule has 1 nitrogen and oxygen atoms in total. The lowest BCUT2D eigenvalue weighted by molar-refractivity contribution is 0.0938. The fourth-order valence-corrected chi connectivity index (χ4v) is 1.93. The van der Waals surface area contributed by atoms with Gasteiger partial charge >= 0.3 is 0 Å². The Hall–Kier alpha value is 0.1000. The summed E-state index contributed by atoms with van der Waals surface area (Å²) in [6.45, 7) is 3.82. The predicted molar refractivity (Wildman–Crippen MR) is 66.0 cm³/mol. The van der Waals surface area contributed by atoms with Crippen LogP contribution in [0.1, 0.15) is 24.2 Å². The van der Waals surface area contributed by atoms with E-state index in [-0.39, 0.29) is 11.7 Å². The Morgan fingerprint density at radius 2 is 2.08 bits per heavy atom. The first-order valence-electron chi connectivity index (χ1n) is 4.01. The van der Waals surface area contributed by atoms with Crippen molar-refractivity contribution < 1.29 is 4.79 Å². The van der Waals surface area contributed by atoms with Gasteiger partial charge in [0.05, 0.1) is 0 Å². The van der Waals surface area contributed by atoms with Crippen LogP contribution in [0.25, 0.3) is 0 Å². The third-order valence-electron chi connectivity index (χ3n) is 1.72. The molecule has 0 bridgehead atoms. The zero-order valence-corrected chi connectivity index (χ0v) is 11.2. The molecule has 0 N–H and O–H groups in total. The lowest BCUT2D eigenvalue weighted by Gasteiger charge is -2.06. The number of hydrogen-bond acceptors (Lipinski definition) is 1. The van der Waals surface area contributed by atoms with Crippen molar-refractivity contribution in [2.45, 2.75) is 13.8 Å². The molecule has 0 aromatic heterocycles. The van der Waals surface area contributed by atoms with Gasteiger partial charge in [-0.2, -0.15) is 0 Å². The molecule has 1 aromatic rings. The van der Waals surface area contributed by atoms with Crippen molar-refractivity contribution in [2.75, 3.05) is 0 Å². The topological polar surface area (TPSA) is 17.1 Å². The average Bonchev–Trinajstić information content (AvgIpc) is 2.08. The van der Waals surface area contributed by atoms with Crippen LogP contribution in [0.3, 0.4) is 0 Å². The highest BCUT2D eigenvalue weighted by Crippen LogP contribution is 2.22. The van der Waals surface area contributed by atoms with Crippen LogP contribution in [0.15, 0.2) is 22.7 Å². The van der Waals surface area contributed by atoms with Gasteiger partial charge in [0.2, 0.25) is 0 Å². The monoisotopic (exact) mass is 352 g/mol. The molecular formula is C10H10BrIO. The van der Waals surface area contributed by atoms with E-state index in [0.717, 1.165) is 13.6 Å². The van der Waals surface area contributed by atoms with Crippen molar-refractivity contribution in [3.63, 3.8) is 0 Å². The van der Waals surface area contributed by atoms with E-state index in [2.05, 4.69) is 38.5 Å². The molecule has 0 fully saturated rings. The minimum absolute atomic E-state index is 0.0505. The number of benzene rings is 1. The van der Waals surface area contributed by atoms with Crippen LogP contribution < -0.4 is 0 Å². The van der Waals surface area contributed by atoms with Gasteiger partial charge in [-0.25, -0.2) is 0 Å². The molecule has 3 heteroatoms. The van der Waals surface area contributed by atoms with Gasteiger partial charge in [0.25, 0.3) is 0 Å². The fourth-order valence-electron chi connectivity index (χ4n) is 0.997. The molecule has 0 aliphatic carbocycles. The van der Waals surface area contributed by atoms with Gasteiger partial charge in [-0.15, -0.1) is 0 Å². The highest BCUT2D eigenvalue weighted by molar-refractivity contribution is 14.1. The maximum absolute atomic E-state index is 11.7. The molecule has 0 unspecified atom stereocenters. The van der Waals surface area contributed by atoms with Gasteiger partial charge in [-0.1, -0.05) is 29.8 Å². The molecule has 0 saturated carbocycles. The summed E-state index contributed by atoms with van der Waals surface area (Å²) in [5.41, 5.74) is 0.780. The number of halogens is 2. The second kappa shape index (κ2) is 4.55. The van der Waals surface area contributed by atoms with E-state index < -0.39 is 0 Å². The number of carbonyl (C=O) groups is 1. The molecular weight excluding hydrogens is 343 g/mol. The van der Waals surface area contributed by atoms with Crippen LogP contribution in [0.2, 0.25) is 0 Å². The minimum atomic E-state index is 0.0505. The number of Topliss-reactive ketones (excluding diaryl/α,β-unsaturated/α-hetero) is 1. The maximum Gasteiger partial charge on any atom is 0.166 e. The zero-order valence-electron chi connectivity index (χ0n) is 7.47. The summed E-state index contributed by atoms with van der Waals surface area (Å²) in [4.78, 5) is 11.7. The lowest BCUT2D eigenvalue weighted by atomic mass is 10.0. The zero-order chi connectivity index (χ0) is 10.0. The highest BCUT2D eigenvalue weighted by atomic mass is 127. The standard InChI is InChI=1S/C10H10BrIO/c1-6(2)10(13)8-5-7(12)3-4-9(8)11/h3-6H,1-2H3. The minimum Gasteiger partial charge on any atom is -0.294 e. The molecule has 1 aromatic carbocycles. The third-order valence-corrected chi connectivity index (χ3v) is 3.08. The van der Waals surface area contributed by atoms with E-state index in [1.54, 1.807) is 0 Å². The summed E-state index contributed by atoms with van der Waals surface area (Å²) in [7, 11) is 0. The van der Waals surface area contributed by atoms with E-state index in [9.17, 15) is 4.79 Å². The molecule has 1 rings (SSSR count). The maximum atomic E-state index is 11.7. The van der Waals surface area contributed by atoms with Gasteiger partial charge in [0, 0.05) is 19.5 Å². The van der Waals surface area contributed by atoms with E-state index >= 15 is 0 Å². The predicted octanol–water partition coefficient (Wildman–Crippen LogP) is 3.89. The summed E-state index contributed by atoms with van der Waals surface area (Å²) in [6.07, 6.45) is 0. The Morgan fingerprint density at radius 3 is 2.62 bits per heavy atom. The van der Waals surface area contributed by atoms with E-state index in [0.29, 0.717) is 0 Å². The molecule has 70 valence electrons. The summed E-state index contributed by atoms with van der Waals surface area (Å²) in [5.74, 6) is 0.236. The van der Waals surface area contributed by atoms with Gasteiger partial charge in [-0.05, 0) is 40.8 Å². The van der Waals surface area contributed by atoms with Crippen LogP contribution in [0.5, 0.6) is 0 Å². The molecule has 0 saturated heterocycles. The summed E-state index contributed by atoms with van der Waals surface area (Å²) in [5, 5.41) is 0. The quantitative estimate of drug-likeness (QED) is 0.583. The second-order valence-corrected chi connectivity index (χ2v) is 5.24. The molecule has 0 radical (unpaired) electrons. The summed E-state index contributed by atoms with van der Waals surface area (Å²) in [6, 6.07) is 5.80. The highest BCUT2D eigenvalue weighted by Gasteiger charge is 2.13. The molecule has 0 atom stereocenters. The van der Waals surface area contributed by atoms with Gasteiger partial charge in [0.15, 0.2) is 5.78 Å².